The first-order valence-electron chi connectivity index (χ1n) is 7.23. The maximum Gasteiger partial charge on any atom is 0.321 e. The molecule has 0 aromatic carbocycles. The third-order valence-electron chi connectivity index (χ3n) is 3.83. The Balaban J connectivity index is 1.67. The van der Waals surface area contributed by atoms with Crippen LogP contribution in [0.1, 0.15) is 31.5 Å². The quantitative estimate of drug-likeness (QED) is 0.948. The summed E-state index contributed by atoms with van der Waals surface area (Å²) in [5, 5.41) is 15.1. The van der Waals surface area contributed by atoms with E-state index in [1.54, 1.807) is 17.7 Å². The molecule has 3 rings (SSSR count). The molecular formula is C14H19N5OS. The van der Waals surface area contributed by atoms with E-state index in [9.17, 15) is 4.79 Å². The van der Waals surface area contributed by atoms with Crippen molar-refractivity contribution in [1.82, 2.24) is 19.7 Å². The van der Waals surface area contributed by atoms with Gasteiger partial charge in [-0.25, -0.2) is 4.79 Å². The van der Waals surface area contributed by atoms with Crippen LogP contribution in [-0.4, -0.2) is 38.8 Å². The third-order valence-corrected chi connectivity index (χ3v) is 4.52. The zero-order valence-corrected chi connectivity index (χ0v) is 12.8. The average Bonchev–Trinajstić information content (AvgIpc) is 3.18. The second-order valence-corrected chi connectivity index (χ2v) is 5.98. The molecule has 0 bridgehead atoms. The minimum atomic E-state index is -0.0272. The van der Waals surface area contributed by atoms with Crippen LogP contribution in [0.2, 0.25) is 0 Å². The van der Waals surface area contributed by atoms with Gasteiger partial charge in [0.05, 0.1) is 5.69 Å². The number of rotatable bonds is 3. The molecule has 0 saturated carbocycles. The minimum Gasteiger partial charge on any atom is -0.324 e. The number of hydrogen-bond acceptors (Lipinski definition) is 4. The number of anilines is 1. The van der Waals surface area contributed by atoms with Gasteiger partial charge in [-0.1, -0.05) is 0 Å². The van der Waals surface area contributed by atoms with Gasteiger partial charge >= 0.3 is 6.03 Å². The summed E-state index contributed by atoms with van der Waals surface area (Å²) in [7, 11) is 0. The lowest BCUT2D eigenvalue weighted by molar-refractivity contribution is 0.190. The Morgan fingerprint density at radius 3 is 3.24 bits per heavy atom. The molecule has 21 heavy (non-hydrogen) atoms. The van der Waals surface area contributed by atoms with Crippen LogP contribution in [-0.2, 0) is 6.54 Å². The van der Waals surface area contributed by atoms with Crippen molar-refractivity contribution >= 4 is 23.1 Å². The lowest BCUT2D eigenvalue weighted by Gasteiger charge is -2.32. The van der Waals surface area contributed by atoms with Crippen LogP contribution >= 0.6 is 11.3 Å². The molecule has 3 heterocycles. The van der Waals surface area contributed by atoms with Gasteiger partial charge in [0, 0.05) is 30.9 Å². The first-order chi connectivity index (χ1) is 10.3. The summed E-state index contributed by atoms with van der Waals surface area (Å²) in [6.07, 6.45) is 3.82. The Morgan fingerprint density at radius 2 is 2.48 bits per heavy atom. The van der Waals surface area contributed by atoms with Gasteiger partial charge in [-0.15, -0.1) is 10.2 Å². The van der Waals surface area contributed by atoms with Gasteiger partial charge in [0.15, 0.2) is 0 Å². The molecule has 1 aliphatic heterocycles. The van der Waals surface area contributed by atoms with Crippen LogP contribution < -0.4 is 5.32 Å². The van der Waals surface area contributed by atoms with E-state index in [4.69, 9.17) is 0 Å². The van der Waals surface area contributed by atoms with Gasteiger partial charge in [-0.3, -0.25) is 0 Å². The smallest absolute Gasteiger partial charge is 0.321 e. The molecule has 1 saturated heterocycles. The lowest BCUT2D eigenvalue weighted by atomic mass is 9.97. The number of hydrogen-bond donors (Lipinski definition) is 1. The fourth-order valence-electron chi connectivity index (χ4n) is 2.73. The molecule has 2 aromatic heterocycles. The molecule has 112 valence electrons. The number of nitrogens with one attached hydrogen (secondary N) is 1. The topological polar surface area (TPSA) is 63.1 Å². The highest BCUT2D eigenvalue weighted by Gasteiger charge is 2.27. The summed E-state index contributed by atoms with van der Waals surface area (Å²) in [4.78, 5) is 14.2. The molecule has 1 N–H and O–H groups in total. The third kappa shape index (κ3) is 3.07. The summed E-state index contributed by atoms with van der Waals surface area (Å²) in [5.74, 6) is 1.26. The number of thiophene rings is 1. The normalized spacial score (nSPS) is 18.7. The van der Waals surface area contributed by atoms with Gasteiger partial charge in [0.2, 0.25) is 0 Å². The maximum absolute atomic E-state index is 12.3. The fourth-order valence-corrected chi connectivity index (χ4v) is 3.32. The molecule has 0 aliphatic carbocycles. The predicted molar refractivity (Wildman–Crippen MR) is 82.6 cm³/mol. The molecule has 6 nitrogen and oxygen atoms in total. The highest BCUT2D eigenvalue weighted by atomic mass is 32.1. The average molecular weight is 305 g/mol. The molecule has 7 heteroatoms. The van der Waals surface area contributed by atoms with Crippen LogP contribution in [0.3, 0.4) is 0 Å². The largest absolute Gasteiger partial charge is 0.324 e. The molecule has 0 unspecified atom stereocenters. The summed E-state index contributed by atoms with van der Waals surface area (Å²) < 4.78 is 2.06. The fraction of sp³-hybridized carbons (Fsp3) is 0.500. The van der Waals surface area contributed by atoms with Crippen molar-refractivity contribution in [3.8, 4) is 0 Å². The number of likely N-dealkylation sites (tertiary alicyclic amines) is 1. The zero-order chi connectivity index (χ0) is 14.7. The van der Waals surface area contributed by atoms with Gasteiger partial charge in [0.25, 0.3) is 0 Å². The molecule has 0 spiro atoms. The van der Waals surface area contributed by atoms with Crippen LogP contribution in [0.5, 0.6) is 0 Å². The first-order valence-corrected chi connectivity index (χ1v) is 8.18. The van der Waals surface area contributed by atoms with E-state index in [0.29, 0.717) is 6.54 Å². The van der Waals surface area contributed by atoms with E-state index >= 15 is 0 Å². The van der Waals surface area contributed by atoms with E-state index in [2.05, 4.69) is 27.0 Å². The SMILES string of the molecule is CCn1cnnc1[C@H]1CCCN(C(=O)Nc2ccsc2)C1. The van der Waals surface area contributed by atoms with Crippen molar-refractivity contribution in [3.05, 3.63) is 29.0 Å². The Hall–Kier alpha value is -1.89. The summed E-state index contributed by atoms with van der Waals surface area (Å²) in [6.45, 7) is 4.44. The van der Waals surface area contributed by atoms with Crippen molar-refractivity contribution in [2.45, 2.75) is 32.2 Å². The predicted octanol–water partition coefficient (Wildman–Crippen LogP) is 2.77. The molecule has 2 amide bonds. The zero-order valence-electron chi connectivity index (χ0n) is 12.0. The van der Waals surface area contributed by atoms with E-state index in [1.807, 2.05) is 21.7 Å². The number of piperidine rings is 1. The monoisotopic (exact) mass is 305 g/mol. The van der Waals surface area contributed by atoms with E-state index in [-0.39, 0.29) is 11.9 Å². The van der Waals surface area contributed by atoms with Crippen LogP contribution in [0, 0.1) is 0 Å². The molecule has 1 fully saturated rings. The molecule has 1 aliphatic rings. The van der Waals surface area contributed by atoms with Crippen molar-refractivity contribution in [2.75, 3.05) is 18.4 Å². The van der Waals surface area contributed by atoms with Gasteiger partial charge in [-0.2, -0.15) is 11.3 Å². The maximum atomic E-state index is 12.3. The molecule has 0 radical (unpaired) electrons. The Bertz CT molecular complexity index is 594. The molecule has 1 atom stereocenters. The van der Waals surface area contributed by atoms with Crippen LogP contribution in [0.25, 0.3) is 0 Å². The first kappa shape index (κ1) is 14.1. The Kier molecular flexibility index (Phi) is 4.19. The van der Waals surface area contributed by atoms with E-state index < -0.39 is 0 Å². The number of aromatic nitrogens is 3. The molecule has 2 aromatic rings. The van der Waals surface area contributed by atoms with Crippen molar-refractivity contribution in [2.24, 2.45) is 0 Å². The summed E-state index contributed by atoms with van der Waals surface area (Å²) >= 11 is 1.58. The number of urea groups is 1. The van der Waals surface area contributed by atoms with Gasteiger partial charge in [-0.05, 0) is 31.2 Å². The van der Waals surface area contributed by atoms with E-state index in [0.717, 1.165) is 37.4 Å². The highest BCUT2D eigenvalue weighted by Crippen LogP contribution is 2.26. The Morgan fingerprint density at radius 1 is 1.57 bits per heavy atom. The number of aryl methyl sites for hydroxylation is 1. The van der Waals surface area contributed by atoms with Crippen molar-refractivity contribution < 1.29 is 4.79 Å². The number of amides is 2. The standard InChI is InChI=1S/C14H19N5OS/c1-2-18-10-15-17-13(18)11-4-3-6-19(8-11)14(20)16-12-5-7-21-9-12/h5,7,9-11H,2-4,6,8H2,1H3,(H,16,20)/t11-/m0/s1. The van der Waals surface area contributed by atoms with Gasteiger partial charge in [0.1, 0.15) is 12.2 Å². The minimum absolute atomic E-state index is 0.0272. The number of carbonyl (C=O) groups is 1. The number of nitrogens with zero attached hydrogens (tertiary/aromatic N) is 4. The highest BCUT2D eigenvalue weighted by molar-refractivity contribution is 7.08. The van der Waals surface area contributed by atoms with Gasteiger partial charge < -0.3 is 14.8 Å². The second-order valence-electron chi connectivity index (χ2n) is 5.20. The molecular weight excluding hydrogens is 286 g/mol. The van der Waals surface area contributed by atoms with Crippen molar-refractivity contribution in [3.63, 3.8) is 0 Å². The van der Waals surface area contributed by atoms with Crippen LogP contribution in [0.4, 0.5) is 10.5 Å². The lowest BCUT2D eigenvalue weighted by Crippen LogP contribution is -2.42. The Labute approximate surface area is 127 Å². The number of carbonyl (C=O) groups excluding carboxylic acids is 1. The summed E-state index contributed by atoms with van der Waals surface area (Å²) in [6, 6.07) is 1.89. The summed E-state index contributed by atoms with van der Waals surface area (Å²) in [5.41, 5.74) is 0.865. The second kappa shape index (κ2) is 6.26. The van der Waals surface area contributed by atoms with Crippen molar-refractivity contribution in [1.29, 1.82) is 0 Å². The van der Waals surface area contributed by atoms with E-state index in [1.165, 1.54) is 0 Å². The van der Waals surface area contributed by atoms with Crippen LogP contribution in [0.15, 0.2) is 23.2 Å².